The Kier molecular flexibility index (Phi) is 7.06. The van der Waals surface area contributed by atoms with Gasteiger partial charge in [-0.15, -0.1) is 0 Å². The lowest BCUT2D eigenvalue weighted by Gasteiger charge is -2.30. The predicted octanol–water partition coefficient (Wildman–Crippen LogP) is 2.67. The molecule has 1 atom stereocenters. The van der Waals surface area contributed by atoms with Crippen molar-refractivity contribution in [1.82, 2.24) is 15.1 Å². The van der Waals surface area contributed by atoms with Crippen molar-refractivity contribution in [3.8, 4) is 0 Å². The molecule has 134 valence electrons. The summed E-state index contributed by atoms with van der Waals surface area (Å²) in [5.74, 6) is 0.551. The molecule has 1 aliphatic rings. The first kappa shape index (κ1) is 18.7. The third kappa shape index (κ3) is 5.21. The molecule has 24 heavy (non-hydrogen) atoms. The standard InChI is InChI=1S/C19H31N3O2/c1-15-7-5-6-8-17(15)18(21(2)3)13-20-19(23)22(4)14-16-9-11-24-12-10-16/h5-8,16,18H,9-14H2,1-4H3,(H,20,23)/t18-/m0/s1. The molecule has 0 aromatic heterocycles. The molecule has 1 saturated heterocycles. The van der Waals surface area contributed by atoms with Crippen molar-refractivity contribution in [2.45, 2.75) is 25.8 Å². The first-order chi connectivity index (χ1) is 11.5. The number of amides is 2. The van der Waals surface area contributed by atoms with E-state index in [0.717, 1.165) is 32.6 Å². The molecule has 1 aliphatic heterocycles. The van der Waals surface area contributed by atoms with Gasteiger partial charge in [-0.3, -0.25) is 0 Å². The largest absolute Gasteiger partial charge is 0.381 e. The number of carbonyl (C=O) groups excluding carboxylic acids is 1. The molecule has 1 N–H and O–H groups in total. The Bertz CT molecular complexity index is 527. The molecule has 5 heteroatoms. The lowest BCUT2D eigenvalue weighted by molar-refractivity contribution is 0.0585. The summed E-state index contributed by atoms with van der Waals surface area (Å²) in [6, 6.07) is 8.53. The second-order valence-electron chi connectivity index (χ2n) is 6.96. The van der Waals surface area contributed by atoms with E-state index in [2.05, 4.69) is 49.4 Å². The number of aryl methyl sites for hydroxylation is 1. The van der Waals surface area contributed by atoms with Gasteiger partial charge in [-0.1, -0.05) is 24.3 Å². The van der Waals surface area contributed by atoms with Gasteiger partial charge in [-0.25, -0.2) is 4.79 Å². The normalized spacial score (nSPS) is 16.9. The quantitative estimate of drug-likeness (QED) is 0.870. The van der Waals surface area contributed by atoms with Crippen LogP contribution in [0.1, 0.15) is 30.0 Å². The zero-order valence-electron chi connectivity index (χ0n) is 15.4. The highest BCUT2D eigenvalue weighted by molar-refractivity contribution is 5.73. The first-order valence-corrected chi connectivity index (χ1v) is 8.77. The molecule has 0 radical (unpaired) electrons. The molecule has 1 heterocycles. The van der Waals surface area contributed by atoms with E-state index in [1.54, 1.807) is 4.90 Å². The topological polar surface area (TPSA) is 44.8 Å². The third-order valence-corrected chi connectivity index (χ3v) is 4.84. The Morgan fingerprint density at radius 2 is 1.92 bits per heavy atom. The Morgan fingerprint density at radius 3 is 2.54 bits per heavy atom. The summed E-state index contributed by atoms with van der Waals surface area (Å²) in [6.45, 7) is 5.15. The molecular formula is C19H31N3O2. The predicted molar refractivity (Wildman–Crippen MR) is 97.2 cm³/mol. The minimum absolute atomic E-state index is 0.00178. The molecule has 2 rings (SSSR count). The van der Waals surface area contributed by atoms with Crippen molar-refractivity contribution >= 4 is 6.03 Å². The van der Waals surface area contributed by atoms with Gasteiger partial charge in [0.25, 0.3) is 0 Å². The lowest BCUT2D eigenvalue weighted by atomic mass is 10.00. The van der Waals surface area contributed by atoms with E-state index in [-0.39, 0.29) is 12.1 Å². The molecule has 5 nitrogen and oxygen atoms in total. The van der Waals surface area contributed by atoms with Gasteiger partial charge in [0.05, 0.1) is 6.04 Å². The van der Waals surface area contributed by atoms with Crippen molar-refractivity contribution < 1.29 is 9.53 Å². The number of benzene rings is 1. The zero-order chi connectivity index (χ0) is 17.5. The molecular weight excluding hydrogens is 302 g/mol. The lowest BCUT2D eigenvalue weighted by Crippen LogP contribution is -2.43. The number of nitrogens with zero attached hydrogens (tertiary/aromatic N) is 2. The summed E-state index contributed by atoms with van der Waals surface area (Å²) < 4.78 is 5.38. The molecule has 0 aliphatic carbocycles. The summed E-state index contributed by atoms with van der Waals surface area (Å²) in [6.07, 6.45) is 2.09. The van der Waals surface area contributed by atoms with Crippen LogP contribution in [0.4, 0.5) is 4.79 Å². The molecule has 1 fully saturated rings. The maximum Gasteiger partial charge on any atom is 0.317 e. The minimum Gasteiger partial charge on any atom is -0.381 e. The van der Waals surface area contributed by atoms with Crippen LogP contribution < -0.4 is 5.32 Å². The number of hydrogen-bond donors (Lipinski definition) is 1. The Balaban J connectivity index is 1.89. The monoisotopic (exact) mass is 333 g/mol. The smallest absolute Gasteiger partial charge is 0.317 e. The van der Waals surface area contributed by atoms with Crippen LogP contribution in [-0.2, 0) is 4.74 Å². The van der Waals surface area contributed by atoms with E-state index >= 15 is 0 Å². The second kappa shape index (κ2) is 9.04. The van der Waals surface area contributed by atoms with Gasteiger partial charge in [0, 0.05) is 33.4 Å². The van der Waals surface area contributed by atoms with Crippen LogP contribution in [0.2, 0.25) is 0 Å². The Morgan fingerprint density at radius 1 is 1.25 bits per heavy atom. The molecule has 1 aromatic rings. The average molecular weight is 333 g/mol. The van der Waals surface area contributed by atoms with E-state index in [4.69, 9.17) is 4.74 Å². The highest BCUT2D eigenvalue weighted by Crippen LogP contribution is 2.21. The van der Waals surface area contributed by atoms with Crippen molar-refractivity contribution in [3.05, 3.63) is 35.4 Å². The molecule has 2 amide bonds. The highest BCUT2D eigenvalue weighted by atomic mass is 16.5. The van der Waals surface area contributed by atoms with Crippen LogP contribution in [0.15, 0.2) is 24.3 Å². The Labute approximate surface area is 146 Å². The number of likely N-dealkylation sites (N-methyl/N-ethyl adjacent to an activating group) is 1. The molecule has 0 unspecified atom stereocenters. The van der Waals surface area contributed by atoms with E-state index in [1.165, 1.54) is 11.1 Å². The number of ether oxygens (including phenoxy) is 1. The third-order valence-electron chi connectivity index (χ3n) is 4.84. The zero-order valence-corrected chi connectivity index (χ0v) is 15.4. The maximum absolute atomic E-state index is 12.4. The van der Waals surface area contributed by atoms with E-state index in [9.17, 15) is 4.79 Å². The number of nitrogens with one attached hydrogen (secondary N) is 1. The van der Waals surface area contributed by atoms with Crippen LogP contribution in [0, 0.1) is 12.8 Å². The average Bonchev–Trinajstić information content (AvgIpc) is 2.57. The molecule has 0 spiro atoms. The second-order valence-corrected chi connectivity index (χ2v) is 6.96. The fourth-order valence-corrected chi connectivity index (χ4v) is 3.25. The van der Waals surface area contributed by atoms with Crippen molar-refractivity contribution in [2.24, 2.45) is 5.92 Å². The van der Waals surface area contributed by atoms with Crippen LogP contribution in [-0.4, -0.2) is 63.3 Å². The summed E-state index contributed by atoms with van der Waals surface area (Å²) in [4.78, 5) is 16.4. The van der Waals surface area contributed by atoms with E-state index in [1.807, 2.05) is 13.1 Å². The summed E-state index contributed by atoms with van der Waals surface area (Å²) >= 11 is 0. The van der Waals surface area contributed by atoms with Crippen molar-refractivity contribution in [1.29, 1.82) is 0 Å². The minimum atomic E-state index is 0.00178. The fraction of sp³-hybridized carbons (Fsp3) is 0.632. The highest BCUT2D eigenvalue weighted by Gasteiger charge is 2.21. The molecule has 0 saturated carbocycles. The van der Waals surface area contributed by atoms with Crippen molar-refractivity contribution in [2.75, 3.05) is 47.4 Å². The van der Waals surface area contributed by atoms with Gasteiger partial charge in [0.1, 0.15) is 0 Å². The SMILES string of the molecule is Cc1ccccc1[C@H](CNC(=O)N(C)CC1CCOCC1)N(C)C. The fourth-order valence-electron chi connectivity index (χ4n) is 3.25. The van der Waals surface area contributed by atoms with E-state index in [0.29, 0.717) is 12.5 Å². The summed E-state index contributed by atoms with van der Waals surface area (Å²) in [7, 11) is 5.98. The van der Waals surface area contributed by atoms with Crippen molar-refractivity contribution in [3.63, 3.8) is 0 Å². The van der Waals surface area contributed by atoms with E-state index < -0.39 is 0 Å². The van der Waals surface area contributed by atoms with Gasteiger partial charge in [0.15, 0.2) is 0 Å². The number of urea groups is 1. The van der Waals surface area contributed by atoms with Crippen LogP contribution in [0.5, 0.6) is 0 Å². The van der Waals surface area contributed by atoms with Gasteiger partial charge in [-0.2, -0.15) is 0 Å². The Hall–Kier alpha value is -1.59. The first-order valence-electron chi connectivity index (χ1n) is 8.77. The van der Waals surface area contributed by atoms with Gasteiger partial charge >= 0.3 is 6.03 Å². The van der Waals surface area contributed by atoms with Crippen LogP contribution in [0.3, 0.4) is 0 Å². The number of rotatable bonds is 6. The van der Waals surface area contributed by atoms with Crippen LogP contribution >= 0.6 is 0 Å². The molecule has 0 bridgehead atoms. The number of hydrogen-bond acceptors (Lipinski definition) is 3. The van der Waals surface area contributed by atoms with Gasteiger partial charge < -0.3 is 19.9 Å². The maximum atomic E-state index is 12.4. The van der Waals surface area contributed by atoms with Crippen LogP contribution in [0.25, 0.3) is 0 Å². The summed E-state index contributed by atoms with van der Waals surface area (Å²) in [5.41, 5.74) is 2.51. The van der Waals surface area contributed by atoms with Gasteiger partial charge in [0.2, 0.25) is 0 Å². The summed E-state index contributed by atoms with van der Waals surface area (Å²) in [5, 5.41) is 3.09. The molecule has 1 aromatic carbocycles. The van der Waals surface area contributed by atoms with Gasteiger partial charge in [-0.05, 0) is 50.9 Å². The number of carbonyl (C=O) groups is 1.